The summed E-state index contributed by atoms with van der Waals surface area (Å²) >= 11 is 14.8. The molecule has 1 atom stereocenters. The highest BCUT2D eigenvalue weighted by Crippen LogP contribution is 2.36. The summed E-state index contributed by atoms with van der Waals surface area (Å²) in [6, 6.07) is 12.6. The van der Waals surface area contributed by atoms with Gasteiger partial charge in [0.25, 0.3) is 0 Å². The average Bonchev–Trinajstić information content (AvgIpc) is 2.58. The summed E-state index contributed by atoms with van der Waals surface area (Å²) < 4.78 is 12.6. The van der Waals surface area contributed by atoms with Gasteiger partial charge in [-0.25, -0.2) is 0 Å². The van der Waals surface area contributed by atoms with Gasteiger partial charge in [-0.3, -0.25) is 0 Å². The van der Waals surface area contributed by atoms with Crippen molar-refractivity contribution in [3.63, 3.8) is 0 Å². The second-order valence-electron chi connectivity index (χ2n) is 6.64. The molecule has 1 unspecified atom stereocenters. The fourth-order valence-electron chi connectivity index (χ4n) is 3.07. The maximum atomic E-state index is 5.81. The Labute approximate surface area is 180 Å². The van der Waals surface area contributed by atoms with Gasteiger partial charge in [0, 0.05) is 5.92 Å². The number of rotatable bonds is 8. The number of hydrogen-bond acceptors (Lipinski definition) is 2. The standard InChI is InChI=1S/C22H25BrCl2O2/c1-5-18(19-8-7-17(12-15(19)4)27-14(2)3)16-6-9-21(20(23)13-16)26-11-10-22(24)25/h6-10,12-14,18H,5,11H2,1-4H3. The van der Waals surface area contributed by atoms with Crippen LogP contribution in [0, 0.1) is 6.92 Å². The van der Waals surface area contributed by atoms with Crippen molar-refractivity contribution in [2.45, 2.75) is 46.1 Å². The molecular weight excluding hydrogens is 447 g/mol. The Morgan fingerprint density at radius 3 is 2.44 bits per heavy atom. The van der Waals surface area contributed by atoms with Crippen molar-refractivity contribution >= 4 is 39.1 Å². The monoisotopic (exact) mass is 470 g/mol. The van der Waals surface area contributed by atoms with E-state index in [-0.39, 0.29) is 10.6 Å². The van der Waals surface area contributed by atoms with E-state index in [0.717, 1.165) is 22.4 Å². The van der Waals surface area contributed by atoms with Crippen LogP contribution in [0.2, 0.25) is 0 Å². The molecule has 0 aromatic heterocycles. The predicted molar refractivity (Wildman–Crippen MR) is 119 cm³/mol. The third-order valence-corrected chi connectivity index (χ3v) is 5.16. The van der Waals surface area contributed by atoms with E-state index in [4.69, 9.17) is 32.7 Å². The molecule has 2 nitrogen and oxygen atoms in total. The molecule has 0 aliphatic rings. The molecule has 0 fully saturated rings. The summed E-state index contributed by atoms with van der Waals surface area (Å²) in [6.07, 6.45) is 2.79. The molecule has 0 aliphatic carbocycles. The third-order valence-electron chi connectivity index (χ3n) is 4.23. The van der Waals surface area contributed by atoms with Gasteiger partial charge in [0.05, 0.1) is 10.6 Å². The lowest BCUT2D eigenvalue weighted by Crippen LogP contribution is -2.07. The molecule has 0 N–H and O–H groups in total. The van der Waals surface area contributed by atoms with E-state index in [1.165, 1.54) is 16.7 Å². The average molecular weight is 472 g/mol. The van der Waals surface area contributed by atoms with Crippen LogP contribution in [0.3, 0.4) is 0 Å². The summed E-state index contributed by atoms with van der Waals surface area (Å²) in [5, 5.41) is 0. The predicted octanol–water partition coefficient (Wildman–Crippen LogP) is 7.78. The first-order valence-corrected chi connectivity index (χ1v) is 10.6. The Morgan fingerprint density at radius 2 is 1.89 bits per heavy atom. The van der Waals surface area contributed by atoms with Crippen molar-refractivity contribution in [1.29, 1.82) is 0 Å². The van der Waals surface area contributed by atoms with Gasteiger partial charge >= 0.3 is 0 Å². The van der Waals surface area contributed by atoms with Crippen LogP contribution in [-0.2, 0) is 0 Å². The lowest BCUT2D eigenvalue weighted by atomic mass is 9.86. The molecule has 0 spiro atoms. The molecule has 2 aromatic rings. The van der Waals surface area contributed by atoms with E-state index in [0.29, 0.717) is 12.5 Å². The number of aryl methyl sites for hydroxylation is 1. The SMILES string of the molecule is CCC(c1ccc(OCC=C(Cl)Cl)c(Br)c1)c1ccc(OC(C)C)cc1C. The topological polar surface area (TPSA) is 18.5 Å². The van der Waals surface area contributed by atoms with E-state index in [2.05, 4.69) is 60.1 Å². The largest absolute Gasteiger partial charge is 0.491 e. The maximum Gasteiger partial charge on any atom is 0.133 e. The summed E-state index contributed by atoms with van der Waals surface area (Å²) in [5.74, 6) is 1.98. The highest BCUT2D eigenvalue weighted by molar-refractivity contribution is 9.10. The zero-order valence-corrected chi connectivity index (χ0v) is 19.2. The van der Waals surface area contributed by atoms with Crippen molar-refractivity contribution in [2.24, 2.45) is 0 Å². The van der Waals surface area contributed by atoms with Gasteiger partial charge in [-0.1, -0.05) is 42.3 Å². The summed E-state index contributed by atoms with van der Waals surface area (Å²) in [4.78, 5) is 0. The Bertz CT molecular complexity index is 799. The van der Waals surface area contributed by atoms with Crippen molar-refractivity contribution in [3.8, 4) is 11.5 Å². The van der Waals surface area contributed by atoms with Gasteiger partial charge in [0.2, 0.25) is 0 Å². The molecular formula is C22H25BrCl2O2. The van der Waals surface area contributed by atoms with Crippen molar-refractivity contribution in [1.82, 2.24) is 0 Å². The van der Waals surface area contributed by atoms with Gasteiger partial charge in [-0.2, -0.15) is 0 Å². The first-order chi connectivity index (χ1) is 12.8. The second-order valence-corrected chi connectivity index (χ2v) is 8.50. The molecule has 2 aromatic carbocycles. The van der Waals surface area contributed by atoms with Gasteiger partial charge in [0.1, 0.15) is 22.6 Å². The summed E-state index contributed by atoms with van der Waals surface area (Å²) in [5.41, 5.74) is 3.78. The van der Waals surface area contributed by atoms with Crippen LogP contribution >= 0.6 is 39.1 Å². The van der Waals surface area contributed by atoms with Crippen molar-refractivity contribution < 1.29 is 9.47 Å². The van der Waals surface area contributed by atoms with Crippen LogP contribution in [-0.4, -0.2) is 12.7 Å². The molecule has 0 heterocycles. The summed E-state index contributed by atoms with van der Waals surface area (Å²) in [6.45, 7) is 8.74. The number of halogens is 3. The normalized spacial score (nSPS) is 12.0. The van der Waals surface area contributed by atoms with E-state index >= 15 is 0 Å². The highest BCUT2D eigenvalue weighted by Gasteiger charge is 2.17. The molecule has 0 aliphatic heterocycles. The molecule has 2 rings (SSSR count). The van der Waals surface area contributed by atoms with E-state index in [1.54, 1.807) is 6.08 Å². The van der Waals surface area contributed by atoms with Crippen LogP contribution < -0.4 is 9.47 Å². The number of benzene rings is 2. The van der Waals surface area contributed by atoms with Crippen molar-refractivity contribution in [3.05, 3.63) is 68.1 Å². The van der Waals surface area contributed by atoms with Gasteiger partial charge < -0.3 is 9.47 Å². The third kappa shape index (κ3) is 6.44. The minimum absolute atomic E-state index is 0.171. The molecule has 0 saturated carbocycles. The van der Waals surface area contributed by atoms with Crippen LogP contribution in [0.5, 0.6) is 11.5 Å². The van der Waals surface area contributed by atoms with E-state index in [1.807, 2.05) is 19.9 Å². The maximum absolute atomic E-state index is 5.81. The molecule has 0 radical (unpaired) electrons. The van der Waals surface area contributed by atoms with E-state index in [9.17, 15) is 0 Å². The molecule has 5 heteroatoms. The molecule has 0 amide bonds. The highest BCUT2D eigenvalue weighted by atomic mass is 79.9. The zero-order valence-electron chi connectivity index (χ0n) is 16.1. The minimum Gasteiger partial charge on any atom is -0.491 e. The summed E-state index contributed by atoms with van der Waals surface area (Å²) in [7, 11) is 0. The van der Waals surface area contributed by atoms with E-state index < -0.39 is 0 Å². The zero-order chi connectivity index (χ0) is 20.0. The second kappa shape index (κ2) is 10.4. The van der Waals surface area contributed by atoms with Crippen LogP contribution in [0.15, 0.2) is 51.4 Å². The quantitative estimate of drug-likeness (QED) is 0.391. The van der Waals surface area contributed by atoms with Crippen LogP contribution in [0.25, 0.3) is 0 Å². The Balaban J connectivity index is 2.24. The van der Waals surface area contributed by atoms with Gasteiger partial charge in [-0.15, -0.1) is 0 Å². The molecule has 0 saturated heterocycles. The number of ether oxygens (including phenoxy) is 2. The smallest absolute Gasteiger partial charge is 0.133 e. The fraction of sp³-hybridized carbons (Fsp3) is 0.364. The Hall–Kier alpha value is -1.16. The molecule has 27 heavy (non-hydrogen) atoms. The van der Waals surface area contributed by atoms with Gasteiger partial charge in [0.15, 0.2) is 0 Å². The molecule has 0 bridgehead atoms. The van der Waals surface area contributed by atoms with Gasteiger partial charge in [-0.05, 0) is 90.2 Å². The fourth-order valence-corrected chi connectivity index (χ4v) is 3.70. The first kappa shape index (κ1) is 22.1. The number of hydrogen-bond donors (Lipinski definition) is 0. The Kier molecular flexibility index (Phi) is 8.53. The lowest BCUT2D eigenvalue weighted by molar-refractivity contribution is 0.242. The Morgan fingerprint density at radius 1 is 1.15 bits per heavy atom. The minimum atomic E-state index is 0.171. The first-order valence-electron chi connectivity index (χ1n) is 9.02. The van der Waals surface area contributed by atoms with Crippen LogP contribution in [0.1, 0.15) is 49.8 Å². The van der Waals surface area contributed by atoms with Crippen molar-refractivity contribution in [2.75, 3.05) is 6.61 Å². The lowest BCUT2D eigenvalue weighted by Gasteiger charge is -2.21. The van der Waals surface area contributed by atoms with Crippen LogP contribution in [0.4, 0.5) is 0 Å². The molecule has 146 valence electrons.